The van der Waals surface area contributed by atoms with Crippen LogP contribution < -0.4 is 0 Å². The lowest BCUT2D eigenvalue weighted by Gasteiger charge is -2.05. The quantitative estimate of drug-likeness (QED) is 0.375. The van der Waals surface area contributed by atoms with Gasteiger partial charge in [0.1, 0.15) is 0 Å². The molecule has 1 aliphatic rings. The fourth-order valence-corrected chi connectivity index (χ4v) is 3.95. The number of hydrogen-bond donors (Lipinski definition) is 0. The molecular weight excluding hydrogens is 378 g/mol. The molecule has 0 spiro atoms. The number of nitro groups is 1. The largest absolute Gasteiger partial charge is 0.342 e. The molecule has 1 fully saturated rings. The van der Waals surface area contributed by atoms with Crippen LogP contribution in [0.4, 0.5) is 10.5 Å². The van der Waals surface area contributed by atoms with Gasteiger partial charge in [-0.15, -0.1) is 0 Å². The summed E-state index contributed by atoms with van der Waals surface area (Å²) < 4.78 is 2.03. The molecular formula is C20H15N3O4S. The zero-order chi connectivity index (χ0) is 19.8. The van der Waals surface area contributed by atoms with Crippen LogP contribution in [0.15, 0.2) is 59.6 Å². The molecule has 2 aromatic carbocycles. The number of fused-ring (bicyclic) bond motifs is 1. The molecule has 3 aromatic rings. The van der Waals surface area contributed by atoms with E-state index in [9.17, 15) is 19.7 Å². The van der Waals surface area contributed by atoms with Crippen LogP contribution in [0.2, 0.25) is 0 Å². The molecule has 1 aliphatic heterocycles. The molecule has 2 amide bonds. The van der Waals surface area contributed by atoms with E-state index in [-0.39, 0.29) is 16.8 Å². The molecule has 0 N–H and O–H groups in total. The van der Waals surface area contributed by atoms with E-state index in [4.69, 9.17) is 0 Å². The van der Waals surface area contributed by atoms with E-state index in [2.05, 4.69) is 0 Å². The first kappa shape index (κ1) is 18.0. The highest BCUT2D eigenvalue weighted by atomic mass is 32.2. The van der Waals surface area contributed by atoms with Crippen LogP contribution in [0.1, 0.15) is 11.1 Å². The van der Waals surface area contributed by atoms with E-state index < -0.39 is 4.92 Å². The van der Waals surface area contributed by atoms with E-state index in [1.54, 1.807) is 18.2 Å². The molecule has 8 heteroatoms. The average Bonchev–Trinajstić information content (AvgIpc) is 3.15. The highest BCUT2D eigenvalue weighted by Crippen LogP contribution is 2.33. The molecule has 140 valence electrons. The van der Waals surface area contributed by atoms with Crippen molar-refractivity contribution in [1.29, 1.82) is 0 Å². The summed E-state index contributed by atoms with van der Waals surface area (Å²) in [4.78, 5) is 35.8. The smallest absolute Gasteiger partial charge is 0.293 e. The van der Waals surface area contributed by atoms with Gasteiger partial charge in [-0.25, -0.2) is 0 Å². The van der Waals surface area contributed by atoms with Crippen LogP contribution in [-0.4, -0.2) is 32.6 Å². The number of para-hydroxylation sites is 1. The lowest BCUT2D eigenvalue weighted by Crippen LogP contribution is -2.22. The summed E-state index contributed by atoms with van der Waals surface area (Å²) in [6.07, 6.45) is 3.67. The third kappa shape index (κ3) is 3.18. The molecule has 0 saturated carbocycles. The number of carbonyl (C=O) groups excluding carboxylic acids is 2. The van der Waals surface area contributed by atoms with Crippen LogP contribution >= 0.6 is 11.8 Å². The summed E-state index contributed by atoms with van der Waals surface area (Å²) >= 11 is 0.928. The van der Waals surface area contributed by atoms with Gasteiger partial charge in [0.15, 0.2) is 0 Å². The van der Waals surface area contributed by atoms with Gasteiger partial charge in [0.2, 0.25) is 0 Å². The summed E-state index contributed by atoms with van der Waals surface area (Å²) in [7, 11) is 1.47. The highest BCUT2D eigenvalue weighted by Gasteiger charge is 2.32. The van der Waals surface area contributed by atoms with Crippen molar-refractivity contribution in [2.45, 2.75) is 6.54 Å². The van der Waals surface area contributed by atoms with Crippen LogP contribution in [0.25, 0.3) is 17.0 Å². The van der Waals surface area contributed by atoms with Gasteiger partial charge in [-0.3, -0.25) is 24.6 Å². The molecule has 0 unspecified atom stereocenters. The van der Waals surface area contributed by atoms with Crippen molar-refractivity contribution in [1.82, 2.24) is 9.47 Å². The molecule has 0 atom stereocenters. The number of aromatic nitrogens is 1. The van der Waals surface area contributed by atoms with E-state index in [0.717, 1.165) is 38.7 Å². The van der Waals surface area contributed by atoms with Crippen molar-refractivity contribution in [3.63, 3.8) is 0 Å². The van der Waals surface area contributed by atoms with Crippen molar-refractivity contribution in [2.24, 2.45) is 0 Å². The maximum Gasteiger partial charge on any atom is 0.293 e. The molecule has 7 nitrogen and oxygen atoms in total. The zero-order valence-electron chi connectivity index (χ0n) is 14.9. The Morgan fingerprint density at radius 3 is 2.46 bits per heavy atom. The third-order valence-electron chi connectivity index (χ3n) is 4.59. The number of nitrogens with zero attached hydrogens (tertiary/aromatic N) is 3. The first-order chi connectivity index (χ1) is 13.4. The van der Waals surface area contributed by atoms with Gasteiger partial charge in [0.25, 0.3) is 16.8 Å². The van der Waals surface area contributed by atoms with Gasteiger partial charge in [0, 0.05) is 48.4 Å². The molecule has 0 aliphatic carbocycles. The second-order valence-electron chi connectivity index (χ2n) is 6.39. The summed E-state index contributed by atoms with van der Waals surface area (Å²) in [5, 5.41) is 11.5. The van der Waals surface area contributed by atoms with Crippen LogP contribution in [0.5, 0.6) is 0 Å². The Balaban J connectivity index is 1.72. The summed E-state index contributed by atoms with van der Waals surface area (Å²) in [6, 6.07) is 14.2. The number of thioether (sulfide) groups is 1. The number of likely N-dealkylation sites (N-methyl/N-ethyl adjacent to an activating group) is 1. The van der Waals surface area contributed by atoms with E-state index in [0.29, 0.717) is 11.4 Å². The number of non-ortho nitro benzene ring substituents is 1. The first-order valence-corrected chi connectivity index (χ1v) is 9.28. The van der Waals surface area contributed by atoms with Gasteiger partial charge in [-0.05, 0) is 29.5 Å². The monoisotopic (exact) mass is 393 g/mol. The second-order valence-corrected chi connectivity index (χ2v) is 7.39. The highest BCUT2D eigenvalue weighted by molar-refractivity contribution is 8.18. The van der Waals surface area contributed by atoms with E-state index in [1.807, 2.05) is 35.0 Å². The van der Waals surface area contributed by atoms with Crippen LogP contribution in [0, 0.1) is 10.1 Å². The number of rotatable bonds is 4. The topological polar surface area (TPSA) is 85.4 Å². The summed E-state index contributed by atoms with van der Waals surface area (Å²) in [5.41, 5.74) is 2.79. The van der Waals surface area contributed by atoms with Crippen molar-refractivity contribution in [3.8, 4) is 0 Å². The molecule has 1 saturated heterocycles. The van der Waals surface area contributed by atoms with Gasteiger partial charge < -0.3 is 4.57 Å². The predicted octanol–water partition coefficient (Wildman–Crippen LogP) is 4.26. The molecule has 1 aromatic heterocycles. The van der Waals surface area contributed by atoms with Gasteiger partial charge in [-0.2, -0.15) is 0 Å². The Morgan fingerprint density at radius 2 is 1.82 bits per heavy atom. The number of imide groups is 1. The Bertz CT molecular complexity index is 1150. The fraction of sp³-hybridized carbons (Fsp3) is 0.100. The molecule has 0 radical (unpaired) electrons. The standard InChI is InChI=1S/C20H15N3O4S/c1-21-19(24)18(28-20(21)25)10-14-12-22(17-5-3-2-4-16(14)17)11-13-6-8-15(9-7-13)23(26)27/h2-10,12H,11H2,1H3/b18-10-. The minimum atomic E-state index is -0.423. The number of hydrogen-bond acceptors (Lipinski definition) is 5. The Morgan fingerprint density at radius 1 is 1.11 bits per heavy atom. The molecule has 0 bridgehead atoms. The maximum absolute atomic E-state index is 12.2. The predicted molar refractivity (Wildman–Crippen MR) is 108 cm³/mol. The number of nitro benzene ring substituents is 1. The molecule has 4 rings (SSSR count). The summed E-state index contributed by atoms with van der Waals surface area (Å²) in [5.74, 6) is -0.304. The normalized spacial score (nSPS) is 15.8. The lowest BCUT2D eigenvalue weighted by molar-refractivity contribution is -0.384. The number of carbonyl (C=O) groups is 2. The van der Waals surface area contributed by atoms with Crippen molar-refractivity contribution in [2.75, 3.05) is 7.05 Å². The van der Waals surface area contributed by atoms with Crippen LogP contribution in [-0.2, 0) is 11.3 Å². The Hall–Kier alpha value is -3.39. The maximum atomic E-state index is 12.2. The third-order valence-corrected chi connectivity index (χ3v) is 5.55. The van der Waals surface area contributed by atoms with Crippen molar-refractivity contribution < 1.29 is 14.5 Å². The van der Waals surface area contributed by atoms with Crippen LogP contribution in [0.3, 0.4) is 0 Å². The van der Waals surface area contributed by atoms with Gasteiger partial charge in [-0.1, -0.05) is 30.3 Å². The Kier molecular flexibility index (Phi) is 4.48. The minimum absolute atomic E-state index is 0.0529. The van der Waals surface area contributed by atoms with E-state index in [1.165, 1.54) is 19.2 Å². The van der Waals surface area contributed by atoms with Crippen molar-refractivity contribution in [3.05, 3.63) is 80.9 Å². The molecule has 2 heterocycles. The SMILES string of the molecule is CN1C(=O)S/C(=C\c2cn(Cc3ccc([N+](=O)[O-])cc3)c3ccccc23)C1=O. The van der Waals surface area contributed by atoms with Crippen molar-refractivity contribution >= 4 is 45.6 Å². The number of benzene rings is 2. The second kappa shape index (κ2) is 6.97. The lowest BCUT2D eigenvalue weighted by atomic mass is 10.1. The number of amides is 2. The van der Waals surface area contributed by atoms with E-state index >= 15 is 0 Å². The summed E-state index contributed by atoms with van der Waals surface area (Å²) in [6.45, 7) is 0.529. The van der Waals surface area contributed by atoms with Gasteiger partial charge in [0.05, 0.1) is 9.83 Å². The minimum Gasteiger partial charge on any atom is -0.342 e. The van der Waals surface area contributed by atoms with Gasteiger partial charge >= 0.3 is 0 Å². The zero-order valence-corrected chi connectivity index (χ0v) is 15.7. The molecule has 28 heavy (non-hydrogen) atoms. The Labute approximate surface area is 164 Å². The first-order valence-electron chi connectivity index (χ1n) is 8.47. The fourth-order valence-electron chi connectivity index (χ4n) is 3.13. The average molecular weight is 393 g/mol.